The third kappa shape index (κ3) is 2.85. The van der Waals surface area contributed by atoms with Crippen LogP contribution >= 0.6 is 26.8 Å². The Balaban J connectivity index is 0. The van der Waals surface area contributed by atoms with Gasteiger partial charge in [0.05, 0.1) is 8.41 Å². The monoisotopic (exact) mass is 238 g/mol. The summed E-state index contributed by atoms with van der Waals surface area (Å²) in [5.41, 5.74) is 0. The quantitative estimate of drug-likeness (QED) is 0.281. The summed E-state index contributed by atoms with van der Waals surface area (Å²) in [6, 6.07) is 0. The van der Waals surface area contributed by atoms with Crippen molar-refractivity contribution in [1.29, 1.82) is 0 Å². The summed E-state index contributed by atoms with van der Waals surface area (Å²) in [6.45, 7) is 0.593. The molecule has 0 heterocycles. The van der Waals surface area contributed by atoms with Gasteiger partial charge in [-0.1, -0.05) is 11.6 Å². The van der Waals surface area contributed by atoms with Gasteiger partial charge in [-0.15, -0.1) is 0 Å². The van der Waals surface area contributed by atoms with Crippen molar-refractivity contribution in [3.8, 4) is 0 Å². The second-order valence-corrected chi connectivity index (χ2v) is 7.59. The first kappa shape index (κ1) is 15.1. The molecule has 0 radical (unpaired) electrons. The normalized spacial score (nSPS) is 13.8. The molecule has 12 heavy (non-hydrogen) atoms. The molecule has 0 atom stereocenters. The van der Waals surface area contributed by atoms with Gasteiger partial charge in [-0.05, 0) is 6.92 Å². The summed E-state index contributed by atoms with van der Waals surface area (Å²) in [7, 11) is -9.98. The number of hydrogen-bond acceptors (Lipinski definition) is 2. The predicted octanol–water partition coefficient (Wildman–Crippen LogP) is -0.930. The van der Waals surface area contributed by atoms with E-state index >= 15 is 0 Å². The third-order valence-corrected chi connectivity index (χ3v) is 6.07. The van der Waals surface area contributed by atoms with Crippen molar-refractivity contribution in [2.24, 2.45) is 0 Å². The average Bonchev–Trinajstić information content (AvgIpc) is 1.58. The van der Waals surface area contributed by atoms with E-state index in [1.54, 1.807) is 0 Å². The van der Waals surface area contributed by atoms with Crippen molar-refractivity contribution >= 4 is 35.2 Å². The van der Waals surface area contributed by atoms with Crippen LogP contribution < -0.4 is 0 Å². The third-order valence-electron chi connectivity index (χ3n) is 1.06. The van der Waals surface area contributed by atoms with Crippen LogP contribution in [0.2, 0.25) is 0 Å². The number of hydrogen-bond donors (Lipinski definition) is 4. The molecule has 0 aliphatic rings. The van der Waals surface area contributed by atoms with Gasteiger partial charge in [-0.3, -0.25) is 9.13 Å². The molecule has 0 fully saturated rings. The van der Waals surface area contributed by atoms with Gasteiger partial charge in [-0.25, -0.2) is 0 Å². The molecule has 0 amide bonds. The second kappa shape index (κ2) is 3.80. The molecular weight excluding hydrogens is 228 g/mol. The number of rotatable bonds is 2. The minimum absolute atomic E-state index is 0. The fourth-order valence-electron chi connectivity index (χ4n) is 0.170. The van der Waals surface area contributed by atoms with Crippen LogP contribution in [0.25, 0.3) is 0 Å². The highest BCUT2D eigenvalue weighted by atomic mass is 35.5. The fraction of sp³-hybridized carbons (Fsp3) is 1.00. The Morgan fingerprint density at radius 1 is 1.08 bits per heavy atom. The maximum Gasteiger partial charge on any atom is 0.358 e. The lowest BCUT2D eigenvalue weighted by atomic mass is 10.8. The van der Waals surface area contributed by atoms with E-state index in [1.807, 2.05) is 0 Å². The molecule has 0 unspecified atom stereocenters. The van der Waals surface area contributed by atoms with E-state index in [1.165, 1.54) is 0 Å². The largest absolute Gasteiger partial charge is 0.358 e. The van der Waals surface area contributed by atoms with E-state index in [4.69, 9.17) is 31.2 Å². The van der Waals surface area contributed by atoms with Crippen molar-refractivity contribution < 1.29 is 28.7 Å². The summed E-state index contributed by atoms with van der Waals surface area (Å²) < 4.78 is 17.9. The molecule has 4 N–H and O–H groups in total. The maximum absolute atomic E-state index is 10.4. The van der Waals surface area contributed by atoms with Gasteiger partial charge in [0.15, 0.2) is 0 Å². The molecule has 10 heteroatoms. The minimum Gasteiger partial charge on any atom is -0.323 e. The smallest absolute Gasteiger partial charge is 0.323 e. The Morgan fingerprint density at radius 3 is 1.25 bits per heavy atom. The molecule has 0 saturated carbocycles. The van der Waals surface area contributed by atoms with Crippen LogP contribution in [-0.2, 0) is 9.13 Å². The SMILES string of the molecule is B.CC(Cl)(P(=O)(O)O)P(=O)(O)O. The first-order valence-electron chi connectivity index (χ1n) is 2.30. The van der Waals surface area contributed by atoms with Gasteiger partial charge in [0.25, 0.3) is 0 Å². The zero-order valence-corrected chi connectivity index (χ0v) is 7.92. The van der Waals surface area contributed by atoms with Crippen molar-refractivity contribution in [3.63, 3.8) is 0 Å². The molecule has 6 nitrogen and oxygen atoms in total. The summed E-state index contributed by atoms with van der Waals surface area (Å²) in [4.78, 5) is 33.5. The molecule has 0 aromatic heterocycles. The van der Waals surface area contributed by atoms with Gasteiger partial charge in [0.2, 0.25) is 4.36 Å². The average molecular weight is 238 g/mol. The summed E-state index contributed by atoms with van der Waals surface area (Å²) in [5, 5.41) is 0. The summed E-state index contributed by atoms with van der Waals surface area (Å²) >= 11 is 4.96. The van der Waals surface area contributed by atoms with E-state index in [-0.39, 0.29) is 8.41 Å². The molecule has 0 aromatic carbocycles. The highest BCUT2D eigenvalue weighted by Gasteiger charge is 2.55. The molecule has 0 bridgehead atoms. The molecule has 0 aliphatic carbocycles. The topological polar surface area (TPSA) is 115 Å². The highest BCUT2D eigenvalue weighted by molar-refractivity contribution is 7.75. The van der Waals surface area contributed by atoms with Crippen LogP contribution in [0.5, 0.6) is 0 Å². The van der Waals surface area contributed by atoms with Gasteiger partial charge in [0.1, 0.15) is 0 Å². The van der Waals surface area contributed by atoms with Crippen LogP contribution in [-0.4, -0.2) is 32.3 Å². The Labute approximate surface area is 75.8 Å². The lowest BCUT2D eigenvalue weighted by molar-refractivity contribution is 0.334. The molecule has 0 spiro atoms. The molecule has 0 saturated heterocycles. The van der Waals surface area contributed by atoms with Gasteiger partial charge in [0, 0.05) is 0 Å². The Morgan fingerprint density at radius 2 is 1.25 bits per heavy atom. The first-order valence-corrected chi connectivity index (χ1v) is 5.90. The van der Waals surface area contributed by atoms with Gasteiger partial charge in [-0.2, -0.15) is 0 Å². The Kier molecular flexibility index (Phi) is 4.80. The van der Waals surface area contributed by atoms with Gasteiger partial charge >= 0.3 is 15.2 Å². The van der Waals surface area contributed by atoms with Gasteiger partial charge < -0.3 is 19.6 Å². The van der Waals surface area contributed by atoms with Crippen LogP contribution in [0, 0.1) is 0 Å². The lowest BCUT2D eigenvalue weighted by Crippen LogP contribution is -2.16. The van der Waals surface area contributed by atoms with E-state index < -0.39 is 19.5 Å². The van der Waals surface area contributed by atoms with Crippen molar-refractivity contribution in [2.45, 2.75) is 11.3 Å². The van der Waals surface area contributed by atoms with E-state index in [2.05, 4.69) is 0 Å². The van der Waals surface area contributed by atoms with Crippen molar-refractivity contribution in [2.75, 3.05) is 0 Å². The molecule has 0 aliphatic heterocycles. The predicted molar refractivity (Wildman–Crippen MR) is 48.3 cm³/mol. The Hall–Kier alpha value is 0.655. The summed E-state index contributed by atoms with van der Waals surface area (Å²) in [5.74, 6) is 0. The summed E-state index contributed by atoms with van der Waals surface area (Å²) in [6.07, 6.45) is 0. The lowest BCUT2D eigenvalue weighted by Gasteiger charge is -2.23. The van der Waals surface area contributed by atoms with E-state index in [0.29, 0.717) is 6.92 Å². The van der Waals surface area contributed by atoms with Crippen LogP contribution in [0.3, 0.4) is 0 Å². The molecule has 0 rings (SSSR count). The Bertz CT molecular complexity index is 216. The van der Waals surface area contributed by atoms with Crippen LogP contribution in [0.15, 0.2) is 0 Å². The molecule has 74 valence electrons. The second-order valence-electron chi connectivity index (χ2n) is 1.99. The highest BCUT2D eigenvalue weighted by Crippen LogP contribution is 2.70. The minimum atomic E-state index is -4.99. The number of halogens is 1. The van der Waals surface area contributed by atoms with E-state index in [0.717, 1.165) is 0 Å². The van der Waals surface area contributed by atoms with E-state index in [9.17, 15) is 9.13 Å². The fourth-order valence-corrected chi connectivity index (χ4v) is 1.53. The zero-order valence-electron chi connectivity index (χ0n) is 5.38. The van der Waals surface area contributed by atoms with Crippen molar-refractivity contribution in [3.05, 3.63) is 0 Å². The molecular formula is C2H10BClO6P2. The maximum atomic E-state index is 10.4. The molecule has 0 aromatic rings. The van der Waals surface area contributed by atoms with Crippen LogP contribution in [0.1, 0.15) is 6.92 Å². The first-order chi connectivity index (χ1) is 4.50. The van der Waals surface area contributed by atoms with Crippen molar-refractivity contribution in [1.82, 2.24) is 0 Å². The number of alkyl halides is 1. The zero-order chi connectivity index (χ0) is 9.50. The standard InChI is InChI=1S/C2H7ClO6P2.BH3/c1-2(3,10(4,5)6)11(7,8)9;/h1H3,(H2,4,5,6)(H2,7,8,9);1H3. The van der Waals surface area contributed by atoms with Crippen LogP contribution in [0.4, 0.5) is 0 Å².